The fourth-order valence-electron chi connectivity index (χ4n) is 3.12. The molecule has 0 bridgehead atoms. The Labute approximate surface area is 131 Å². The summed E-state index contributed by atoms with van der Waals surface area (Å²) in [5, 5.41) is 2.90. The molecule has 0 aliphatic heterocycles. The van der Waals surface area contributed by atoms with E-state index in [-0.39, 0.29) is 17.9 Å². The minimum atomic E-state index is -0.532. The minimum Gasteiger partial charge on any atom is -0.491 e. The number of carbonyl (C=O) groups is 1. The Kier molecular flexibility index (Phi) is 6.19. The first-order valence-electron chi connectivity index (χ1n) is 7.96. The Hall–Kier alpha value is -1.62. The number of alkyl halides is 1. The smallest absolute Gasteiger partial charge is 0.224 e. The van der Waals surface area contributed by atoms with Gasteiger partial charge in [-0.2, -0.15) is 0 Å². The molecule has 1 amide bonds. The molecular weight excluding hydrogens is 283 g/mol. The van der Waals surface area contributed by atoms with Crippen LogP contribution in [0.2, 0.25) is 0 Å². The van der Waals surface area contributed by atoms with Gasteiger partial charge in [0.25, 0.3) is 0 Å². The number of nitrogens with two attached hydrogens (primary N) is 1. The molecule has 22 heavy (non-hydrogen) atoms. The third kappa shape index (κ3) is 4.70. The number of hydrogen-bond donors (Lipinski definition) is 2. The van der Waals surface area contributed by atoms with Crippen molar-refractivity contribution in [1.29, 1.82) is 0 Å². The average molecular weight is 308 g/mol. The van der Waals surface area contributed by atoms with Gasteiger partial charge in [-0.25, -0.2) is 4.39 Å². The standard InChI is InChI=1S/C17H25FN2O2/c18-9-10-22-15-6-4-5-14(11-15)20-16(21)12-17(13-19)7-2-1-3-8-17/h4-6,11H,1-3,7-10,12-13,19H2,(H,20,21). The molecule has 0 saturated heterocycles. The number of ether oxygens (including phenoxy) is 1. The maximum atomic E-state index is 12.3. The maximum Gasteiger partial charge on any atom is 0.224 e. The lowest BCUT2D eigenvalue weighted by molar-refractivity contribution is -0.118. The van der Waals surface area contributed by atoms with E-state index >= 15 is 0 Å². The van der Waals surface area contributed by atoms with Crippen LogP contribution in [0.4, 0.5) is 10.1 Å². The van der Waals surface area contributed by atoms with Crippen LogP contribution < -0.4 is 15.8 Å². The molecular formula is C17H25FN2O2. The van der Waals surface area contributed by atoms with Crippen molar-refractivity contribution >= 4 is 11.6 Å². The summed E-state index contributed by atoms with van der Waals surface area (Å²) in [5.74, 6) is 0.539. The van der Waals surface area contributed by atoms with E-state index in [0.29, 0.717) is 24.4 Å². The van der Waals surface area contributed by atoms with Crippen LogP contribution in [-0.2, 0) is 4.79 Å². The van der Waals surface area contributed by atoms with Gasteiger partial charge in [0.15, 0.2) is 0 Å². The van der Waals surface area contributed by atoms with Crippen molar-refractivity contribution in [1.82, 2.24) is 0 Å². The Bertz CT molecular complexity index is 487. The van der Waals surface area contributed by atoms with Gasteiger partial charge in [-0.15, -0.1) is 0 Å². The van der Waals surface area contributed by atoms with Crippen LogP contribution in [0.3, 0.4) is 0 Å². The van der Waals surface area contributed by atoms with Crippen LogP contribution >= 0.6 is 0 Å². The lowest BCUT2D eigenvalue weighted by atomic mass is 9.71. The molecule has 1 fully saturated rings. The lowest BCUT2D eigenvalue weighted by Gasteiger charge is -2.35. The van der Waals surface area contributed by atoms with Gasteiger partial charge in [-0.05, 0) is 36.9 Å². The molecule has 0 spiro atoms. The van der Waals surface area contributed by atoms with E-state index in [1.165, 1.54) is 6.42 Å². The third-order valence-electron chi connectivity index (χ3n) is 4.35. The summed E-state index contributed by atoms with van der Waals surface area (Å²) in [7, 11) is 0. The van der Waals surface area contributed by atoms with Gasteiger partial charge < -0.3 is 15.8 Å². The average Bonchev–Trinajstić information content (AvgIpc) is 2.54. The monoisotopic (exact) mass is 308 g/mol. The van der Waals surface area contributed by atoms with E-state index in [9.17, 15) is 9.18 Å². The summed E-state index contributed by atoms with van der Waals surface area (Å²) in [4.78, 5) is 12.3. The topological polar surface area (TPSA) is 64.4 Å². The Morgan fingerprint density at radius 2 is 2.09 bits per heavy atom. The van der Waals surface area contributed by atoms with Gasteiger partial charge in [0.05, 0.1) is 0 Å². The number of benzene rings is 1. The third-order valence-corrected chi connectivity index (χ3v) is 4.35. The molecule has 3 N–H and O–H groups in total. The summed E-state index contributed by atoms with van der Waals surface area (Å²) < 4.78 is 17.3. The van der Waals surface area contributed by atoms with Gasteiger partial charge in [0, 0.05) is 18.2 Å². The Balaban J connectivity index is 1.93. The fraction of sp³-hybridized carbons (Fsp3) is 0.588. The van der Waals surface area contributed by atoms with Crippen molar-refractivity contribution < 1.29 is 13.9 Å². The molecule has 122 valence electrons. The predicted molar refractivity (Wildman–Crippen MR) is 85.7 cm³/mol. The van der Waals surface area contributed by atoms with E-state index < -0.39 is 6.67 Å². The highest BCUT2D eigenvalue weighted by Gasteiger charge is 2.32. The molecule has 1 aromatic carbocycles. The Morgan fingerprint density at radius 1 is 1.32 bits per heavy atom. The number of anilines is 1. The van der Waals surface area contributed by atoms with Crippen molar-refractivity contribution in [2.45, 2.75) is 38.5 Å². The summed E-state index contributed by atoms with van der Waals surface area (Å²) in [5.41, 5.74) is 6.54. The first-order valence-corrected chi connectivity index (χ1v) is 7.96. The first-order chi connectivity index (χ1) is 10.7. The van der Waals surface area contributed by atoms with E-state index in [1.807, 2.05) is 0 Å². The van der Waals surface area contributed by atoms with Crippen LogP contribution in [0.25, 0.3) is 0 Å². The van der Waals surface area contributed by atoms with Crippen molar-refractivity contribution in [3.63, 3.8) is 0 Å². The van der Waals surface area contributed by atoms with Gasteiger partial charge in [0.1, 0.15) is 19.0 Å². The highest BCUT2D eigenvalue weighted by molar-refractivity contribution is 5.91. The number of amides is 1. The van der Waals surface area contributed by atoms with E-state index in [2.05, 4.69) is 5.32 Å². The quantitative estimate of drug-likeness (QED) is 0.812. The number of hydrogen-bond acceptors (Lipinski definition) is 3. The second-order valence-electron chi connectivity index (χ2n) is 6.06. The highest BCUT2D eigenvalue weighted by atomic mass is 19.1. The molecule has 1 saturated carbocycles. The molecule has 5 heteroatoms. The summed E-state index contributed by atoms with van der Waals surface area (Å²) in [6.45, 7) is 0.0450. The predicted octanol–water partition coefficient (Wildman–Crippen LogP) is 3.27. The molecule has 2 rings (SSSR count). The molecule has 0 unspecified atom stereocenters. The maximum absolute atomic E-state index is 12.3. The molecule has 1 aromatic rings. The number of halogens is 1. The zero-order valence-electron chi connectivity index (χ0n) is 12.9. The van der Waals surface area contributed by atoms with Crippen LogP contribution in [-0.4, -0.2) is 25.7 Å². The Morgan fingerprint density at radius 3 is 2.77 bits per heavy atom. The summed E-state index contributed by atoms with van der Waals surface area (Å²) >= 11 is 0. The van der Waals surface area contributed by atoms with Gasteiger partial charge in [0.2, 0.25) is 5.91 Å². The molecule has 0 aromatic heterocycles. The molecule has 0 heterocycles. The largest absolute Gasteiger partial charge is 0.491 e. The van der Waals surface area contributed by atoms with Crippen LogP contribution in [0, 0.1) is 5.41 Å². The van der Waals surface area contributed by atoms with Crippen LogP contribution in [0.5, 0.6) is 5.75 Å². The fourth-order valence-corrected chi connectivity index (χ4v) is 3.12. The molecule has 0 radical (unpaired) electrons. The van der Waals surface area contributed by atoms with Gasteiger partial charge >= 0.3 is 0 Å². The van der Waals surface area contributed by atoms with E-state index in [0.717, 1.165) is 25.7 Å². The van der Waals surface area contributed by atoms with Crippen LogP contribution in [0.15, 0.2) is 24.3 Å². The summed E-state index contributed by atoms with van der Waals surface area (Å²) in [6, 6.07) is 7.04. The van der Waals surface area contributed by atoms with Crippen molar-refractivity contribution in [3.05, 3.63) is 24.3 Å². The number of rotatable bonds is 7. The van der Waals surface area contributed by atoms with Crippen molar-refractivity contribution in [2.75, 3.05) is 25.1 Å². The molecule has 0 atom stereocenters. The molecule has 4 nitrogen and oxygen atoms in total. The lowest BCUT2D eigenvalue weighted by Crippen LogP contribution is -2.36. The SMILES string of the molecule is NCC1(CC(=O)Nc2cccc(OCCF)c2)CCCCC1. The zero-order valence-corrected chi connectivity index (χ0v) is 12.9. The minimum absolute atomic E-state index is 0.0185. The van der Waals surface area contributed by atoms with Gasteiger partial charge in [-0.3, -0.25) is 4.79 Å². The first kappa shape index (κ1) is 16.7. The second-order valence-corrected chi connectivity index (χ2v) is 6.06. The van der Waals surface area contributed by atoms with E-state index in [1.54, 1.807) is 24.3 Å². The highest BCUT2D eigenvalue weighted by Crippen LogP contribution is 2.38. The van der Waals surface area contributed by atoms with Crippen LogP contribution in [0.1, 0.15) is 38.5 Å². The molecule has 1 aliphatic carbocycles. The van der Waals surface area contributed by atoms with Crippen molar-refractivity contribution in [3.8, 4) is 5.75 Å². The normalized spacial score (nSPS) is 17.0. The van der Waals surface area contributed by atoms with E-state index in [4.69, 9.17) is 10.5 Å². The summed E-state index contributed by atoms with van der Waals surface area (Å²) in [6.07, 6.45) is 6.04. The number of nitrogens with one attached hydrogen (secondary N) is 1. The van der Waals surface area contributed by atoms with Gasteiger partial charge in [-0.1, -0.05) is 25.3 Å². The number of carbonyl (C=O) groups excluding carboxylic acids is 1. The van der Waals surface area contributed by atoms with Crippen molar-refractivity contribution in [2.24, 2.45) is 11.1 Å². The molecule has 1 aliphatic rings. The zero-order chi connectivity index (χ0) is 15.8. The second kappa shape index (κ2) is 8.13.